The van der Waals surface area contributed by atoms with E-state index < -0.39 is 0 Å². The van der Waals surface area contributed by atoms with E-state index in [4.69, 9.17) is 11.6 Å². The Morgan fingerprint density at radius 2 is 2.05 bits per heavy atom. The van der Waals surface area contributed by atoms with Crippen LogP contribution in [0.15, 0.2) is 0 Å². The van der Waals surface area contributed by atoms with Crippen molar-refractivity contribution in [3.05, 3.63) is 16.5 Å². The predicted molar refractivity (Wildman–Crippen MR) is 77.5 cm³/mol. The molecule has 3 rings (SSSR count). The number of fused-ring (bicyclic) bond motifs is 1. The number of hydrogen-bond donors (Lipinski definition) is 0. The molecular formula is C13H19ClN6. The summed E-state index contributed by atoms with van der Waals surface area (Å²) in [5.41, 5.74) is 1.82. The van der Waals surface area contributed by atoms with E-state index in [1.165, 1.54) is 0 Å². The van der Waals surface area contributed by atoms with Crippen molar-refractivity contribution in [1.82, 2.24) is 29.4 Å². The monoisotopic (exact) mass is 294 g/mol. The zero-order valence-corrected chi connectivity index (χ0v) is 12.9. The first-order valence-corrected chi connectivity index (χ1v) is 7.33. The molecular weight excluding hydrogens is 276 g/mol. The van der Waals surface area contributed by atoms with Gasteiger partial charge < -0.3 is 4.57 Å². The van der Waals surface area contributed by atoms with E-state index in [0.717, 1.165) is 55.6 Å². The van der Waals surface area contributed by atoms with E-state index in [0.29, 0.717) is 5.02 Å². The van der Waals surface area contributed by atoms with Gasteiger partial charge in [-0.1, -0.05) is 18.5 Å². The number of nitrogens with zero attached hydrogens (tertiary/aromatic N) is 6. The summed E-state index contributed by atoms with van der Waals surface area (Å²) in [6.45, 7) is 7.97. The van der Waals surface area contributed by atoms with Crippen molar-refractivity contribution >= 4 is 11.6 Å². The summed E-state index contributed by atoms with van der Waals surface area (Å²) in [6.07, 6.45) is 1.09. The molecule has 0 saturated carbocycles. The van der Waals surface area contributed by atoms with Crippen molar-refractivity contribution in [2.45, 2.75) is 33.4 Å². The molecule has 1 aliphatic heterocycles. The predicted octanol–water partition coefficient (Wildman–Crippen LogP) is 1.87. The van der Waals surface area contributed by atoms with E-state index >= 15 is 0 Å². The molecule has 0 unspecified atom stereocenters. The Morgan fingerprint density at radius 3 is 2.70 bits per heavy atom. The molecule has 20 heavy (non-hydrogen) atoms. The fourth-order valence-corrected chi connectivity index (χ4v) is 2.85. The lowest BCUT2D eigenvalue weighted by atomic mass is 10.3. The van der Waals surface area contributed by atoms with E-state index in [-0.39, 0.29) is 0 Å². The number of hydrogen-bond acceptors (Lipinski definition) is 4. The maximum Gasteiger partial charge on any atom is 0.185 e. The van der Waals surface area contributed by atoms with Gasteiger partial charge in [0.05, 0.1) is 10.7 Å². The minimum absolute atomic E-state index is 0.709. The van der Waals surface area contributed by atoms with Crippen molar-refractivity contribution in [1.29, 1.82) is 0 Å². The first-order chi connectivity index (χ1) is 9.61. The van der Waals surface area contributed by atoms with Crippen LogP contribution in [0, 0.1) is 6.92 Å². The molecule has 0 bridgehead atoms. The van der Waals surface area contributed by atoms with E-state index in [2.05, 4.69) is 27.1 Å². The van der Waals surface area contributed by atoms with E-state index in [1.54, 1.807) is 0 Å². The average molecular weight is 295 g/mol. The van der Waals surface area contributed by atoms with Gasteiger partial charge in [-0.05, 0) is 19.9 Å². The van der Waals surface area contributed by atoms with Crippen LogP contribution in [0.25, 0.3) is 11.5 Å². The maximum absolute atomic E-state index is 6.56. The van der Waals surface area contributed by atoms with Crippen LogP contribution in [0.5, 0.6) is 0 Å². The number of aryl methyl sites for hydroxylation is 2. The highest BCUT2D eigenvalue weighted by Crippen LogP contribution is 2.31. The standard InChI is InChI=1S/C13H19ClN6/c1-4-19-6-5-7-20-10(8-19)11(14)12(17-20)13-16-15-9(2)18(13)3/h4-8H2,1-3H3. The highest BCUT2D eigenvalue weighted by Gasteiger charge is 2.24. The number of aromatic nitrogens is 5. The first-order valence-electron chi connectivity index (χ1n) is 6.95. The fourth-order valence-electron chi connectivity index (χ4n) is 2.57. The third-order valence-electron chi connectivity index (χ3n) is 3.96. The second kappa shape index (κ2) is 5.18. The van der Waals surface area contributed by atoms with Crippen molar-refractivity contribution in [2.75, 3.05) is 13.1 Å². The third-order valence-corrected chi connectivity index (χ3v) is 4.36. The van der Waals surface area contributed by atoms with Crippen LogP contribution in [0.2, 0.25) is 5.02 Å². The van der Waals surface area contributed by atoms with Gasteiger partial charge in [-0.15, -0.1) is 10.2 Å². The molecule has 0 atom stereocenters. The quantitative estimate of drug-likeness (QED) is 0.848. The van der Waals surface area contributed by atoms with Crippen LogP contribution in [-0.2, 0) is 20.1 Å². The van der Waals surface area contributed by atoms with E-state index in [9.17, 15) is 0 Å². The van der Waals surface area contributed by atoms with Crippen LogP contribution >= 0.6 is 11.6 Å². The molecule has 0 N–H and O–H groups in total. The lowest BCUT2D eigenvalue weighted by molar-refractivity contribution is 0.285. The van der Waals surface area contributed by atoms with Gasteiger partial charge in [0.1, 0.15) is 11.5 Å². The van der Waals surface area contributed by atoms with Crippen molar-refractivity contribution in [3.8, 4) is 11.5 Å². The zero-order chi connectivity index (χ0) is 14.3. The Kier molecular flexibility index (Phi) is 3.52. The summed E-state index contributed by atoms with van der Waals surface area (Å²) >= 11 is 6.56. The molecule has 2 aromatic rings. The van der Waals surface area contributed by atoms with Gasteiger partial charge in [-0.2, -0.15) is 5.10 Å². The topological polar surface area (TPSA) is 51.8 Å². The van der Waals surface area contributed by atoms with Crippen LogP contribution in [0.1, 0.15) is 24.9 Å². The van der Waals surface area contributed by atoms with E-state index in [1.807, 2.05) is 23.2 Å². The lowest BCUT2D eigenvalue weighted by Crippen LogP contribution is -2.22. The summed E-state index contributed by atoms with van der Waals surface area (Å²) in [7, 11) is 1.93. The molecule has 108 valence electrons. The molecule has 3 heterocycles. The van der Waals surface area contributed by atoms with Gasteiger partial charge in [-0.25, -0.2) is 0 Å². The third kappa shape index (κ3) is 2.13. The molecule has 6 nitrogen and oxygen atoms in total. The molecule has 0 aliphatic carbocycles. The van der Waals surface area contributed by atoms with Crippen LogP contribution in [0.4, 0.5) is 0 Å². The van der Waals surface area contributed by atoms with Gasteiger partial charge in [0.15, 0.2) is 5.82 Å². The number of rotatable bonds is 2. The van der Waals surface area contributed by atoms with Crippen molar-refractivity contribution in [3.63, 3.8) is 0 Å². The second-order valence-electron chi connectivity index (χ2n) is 5.18. The Hall–Kier alpha value is -1.40. The average Bonchev–Trinajstić information content (AvgIpc) is 2.84. The minimum Gasteiger partial charge on any atom is -0.313 e. The van der Waals surface area contributed by atoms with Crippen molar-refractivity contribution in [2.24, 2.45) is 7.05 Å². The summed E-state index contributed by atoms with van der Waals surface area (Å²) < 4.78 is 3.95. The smallest absolute Gasteiger partial charge is 0.185 e. The molecule has 7 heteroatoms. The summed E-state index contributed by atoms with van der Waals surface area (Å²) in [6, 6.07) is 0. The van der Waals surface area contributed by atoms with Gasteiger partial charge in [-0.3, -0.25) is 9.58 Å². The van der Waals surface area contributed by atoms with Crippen LogP contribution < -0.4 is 0 Å². The normalized spacial score (nSPS) is 16.2. The highest BCUT2D eigenvalue weighted by molar-refractivity contribution is 6.33. The lowest BCUT2D eigenvalue weighted by Gasteiger charge is -2.16. The van der Waals surface area contributed by atoms with Crippen molar-refractivity contribution < 1.29 is 0 Å². The minimum atomic E-state index is 0.709. The SMILES string of the molecule is CCN1CCCn2nc(-c3nnc(C)n3C)c(Cl)c2C1. The first kappa shape index (κ1) is 13.6. The molecule has 0 aromatic carbocycles. The summed E-state index contributed by atoms with van der Waals surface area (Å²) in [4.78, 5) is 2.39. The summed E-state index contributed by atoms with van der Waals surface area (Å²) in [5, 5.41) is 13.6. The van der Waals surface area contributed by atoms with Gasteiger partial charge >= 0.3 is 0 Å². The molecule has 0 spiro atoms. The molecule has 0 amide bonds. The molecule has 0 radical (unpaired) electrons. The van der Waals surface area contributed by atoms with Gasteiger partial charge in [0.2, 0.25) is 0 Å². The summed E-state index contributed by atoms with van der Waals surface area (Å²) in [5.74, 6) is 1.59. The number of halogens is 1. The largest absolute Gasteiger partial charge is 0.313 e. The fraction of sp³-hybridized carbons (Fsp3) is 0.615. The maximum atomic E-state index is 6.56. The molecule has 1 aliphatic rings. The Bertz CT molecular complexity index is 629. The zero-order valence-electron chi connectivity index (χ0n) is 12.1. The van der Waals surface area contributed by atoms with Gasteiger partial charge in [0, 0.05) is 26.7 Å². The Morgan fingerprint density at radius 1 is 1.25 bits per heavy atom. The highest BCUT2D eigenvalue weighted by atomic mass is 35.5. The second-order valence-corrected chi connectivity index (χ2v) is 5.56. The van der Waals surface area contributed by atoms with Gasteiger partial charge in [0.25, 0.3) is 0 Å². The molecule has 0 fully saturated rings. The molecule has 0 saturated heterocycles. The molecule has 2 aromatic heterocycles. The Labute approximate surface area is 123 Å². The van der Waals surface area contributed by atoms with Crippen LogP contribution in [0.3, 0.4) is 0 Å². The Balaban J connectivity index is 2.05. The van der Waals surface area contributed by atoms with Crippen LogP contribution in [-0.4, -0.2) is 42.5 Å².